The average molecular weight is 375 g/mol. The van der Waals surface area contributed by atoms with Crippen molar-refractivity contribution in [3.63, 3.8) is 0 Å². The van der Waals surface area contributed by atoms with Crippen LogP contribution in [0.1, 0.15) is 0 Å². The second-order valence-corrected chi connectivity index (χ2v) is 6.70. The van der Waals surface area contributed by atoms with Crippen molar-refractivity contribution in [1.82, 2.24) is 14.8 Å². The molecule has 134 valence electrons. The van der Waals surface area contributed by atoms with Gasteiger partial charge in [0.25, 0.3) is 15.7 Å². The van der Waals surface area contributed by atoms with E-state index in [0.717, 1.165) is 12.1 Å². The SMILES string of the molecule is COc1ccc(S(=O)(=O)Nc2ccc(-n3cccn3)nc2)c([N+](=O)[O-])c1. The molecular formula is C15H13N5O5S. The van der Waals surface area contributed by atoms with Crippen LogP contribution in [0.4, 0.5) is 11.4 Å². The number of nitrogens with one attached hydrogen (secondary N) is 1. The van der Waals surface area contributed by atoms with Gasteiger partial charge in [0.1, 0.15) is 5.75 Å². The fourth-order valence-corrected chi connectivity index (χ4v) is 3.39. The number of rotatable bonds is 6. The van der Waals surface area contributed by atoms with E-state index in [4.69, 9.17) is 4.74 Å². The Balaban J connectivity index is 1.91. The molecule has 0 aliphatic heterocycles. The Labute approximate surface area is 148 Å². The fraction of sp³-hybridized carbons (Fsp3) is 0.0667. The molecule has 0 unspecified atom stereocenters. The molecule has 0 aliphatic rings. The highest BCUT2D eigenvalue weighted by Crippen LogP contribution is 2.29. The van der Waals surface area contributed by atoms with Crippen LogP contribution in [0.5, 0.6) is 5.75 Å². The lowest BCUT2D eigenvalue weighted by atomic mass is 10.3. The lowest BCUT2D eigenvalue weighted by molar-refractivity contribution is -0.387. The second kappa shape index (κ2) is 6.80. The number of nitrogens with zero attached hydrogens (tertiary/aromatic N) is 4. The molecule has 2 heterocycles. The minimum atomic E-state index is -4.19. The van der Waals surface area contributed by atoms with Crippen LogP contribution in [0.15, 0.2) is 59.9 Å². The van der Waals surface area contributed by atoms with Gasteiger partial charge in [0.2, 0.25) is 0 Å². The van der Waals surface area contributed by atoms with E-state index in [2.05, 4.69) is 14.8 Å². The molecule has 0 saturated heterocycles. The van der Waals surface area contributed by atoms with Gasteiger partial charge < -0.3 is 4.74 Å². The number of ether oxygens (including phenoxy) is 1. The summed E-state index contributed by atoms with van der Waals surface area (Å²) in [6, 6.07) is 8.27. The summed E-state index contributed by atoms with van der Waals surface area (Å²) in [7, 11) is -2.86. The molecule has 0 fully saturated rings. The third kappa shape index (κ3) is 3.47. The molecule has 10 nitrogen and oxygen atoms in total. The summed E-state index contributed by atoms with van der Waals surface area (Å²) < 4.78 is 33.8. The maximum atomic E-state index is 12.5. The first-order valence-corrected chi connectivity index (χ1v) is 8.70. The first-order chi connectivity index (χ1) is 12.4. The Kier molecular flexibility index (Phi) is 4.54. The van der Waals surface area contributed by atoms with E-state index in [1.807, 2.05) is 0 Å². The number of hydrogen-bond donors (Lipinski definition) is 1. The molecule has 26 heavy (non-hydrogen) atoms. The summed E-state index contributed by atoms with van der Waals surface area (Å²) >= 11 is 0. The highest BCUT2D eigenvalue weighted by atomic mass is 32.2. The molecule has 3 aromatic rings. The summed E-state index contributed by atoms with van der Waals surface area (Å²) in [4.78, 5) is 14.1. The number of methoxy groups -OCH3 is 1. The number of hydrogen-bond acceptors (Lipinski definition) is 7. The Morgan fingerprint density at radius 1 is 1.27 bits per heavy atom. The Morgan fingerprint density at radius 2 is 2.08 bits per heavy atom. The molecular weight excluding hydrogens is 362 g/mol. The first-order valence-electron chi connectivity index (χ1n) is 7.22. The number of anilines is 1. The standard InChI is InChI=1S/C15H13N5O5S/c1-25-12-4-5-14(13(9-12)20(21)22)26(23,24)18-11-3-6-15(16-10-11)19-8-2-7-17-19/h2-10,18H,1H3. The van der Waals surface area contributed by atoms with E-state index < -0.39 is 25.5 Å². The molecule has 2 aromatic heterocycles. The normalized spacial score (nSPS) is 11.1. The van der Waals surface area contributed by atoms with Gasteiger partial charge >= 0.3 is 0 Å². The summed E-state index contributed by atoms with van der Waals surface area (Å²) in [5.41, 5.74) is -0.427. The molecule has 1 N–H and O–H groups in total. The molecule has 0 saturated carbocycles. The van der Waals surface area contributed by atoms with E-state index in [-0.39, 0.29) is 11.4 Å². The highest BCUT2D eigenvalue weighted by Gasteiger charge is 2.26. The van der Waals surface area contributed by atoms with Crippen LogP contribution in [0.3, 0.4) is 0 Å². The quantitative estimate of drug-likeness (QED) is 0.515. The zero-order valence-electron chi connectivity index (χ0n) is 13.4. The molecule has 0 amide bonds. The van der Waals surface area contributed by atoms with Crippen molar-refractivity contribution in [3.8, 4) is 11.6 Å². The topological polar surface area (TPSA) is 129 Å². The van der Waals surface area contributed by atoms with Gasteiger partial charge in [0.05, 0.1) is 30.0 Å². The van der Waals surface area contributed by atoms with Crippen LogP contribution >= 0.6 is 0 Å². The van der Waals surface area contributed by atoms with Gasteiger partial charge in [-0.25, -0.2) is 18.1 Å². The highest BCUT2D eigenvalue weighted by molar-refractivity contribution is 7.92. The van der Waals surface area contributed by atoms with Crippen molar-refractivity contribution in [2.45, 2.75) is 4.90 Å². The van der Waals surface area contributed by atoms with Crippen molar-refractivity contribution in [1.29, 1.82) is 0 Å². The van der Waals surface area contributed by atoms with E-state index >= 15 is 0 Å². The number of sulfonamides is 1. The van der Waals surface area contributed by atoms with Gasteiger partial charge in [0, 0.05) is 12.4 Å². The van der Waals surface area contributed by atoms with Gasteiger partial charge in [-0.05, 0) is 30.3 Å². The van der Waals surface area contributed by atoms with Gasteiger partial charge in [-0.2, -0.15) is 5.10 Å². The van der Waals surface area contributed by atoms with Crippen molar-refractivity contribution in [3.05, 3.63) is 65.1 Å². The van der Waals surface area contributed by atoms with Gasteiger partial charge in [-0.15, -0.1) is 0 Å². The van der Waals surface area contributed by atoms with Crippen LogP contribution in [0, 0.1) is 10.1 Å². The summed E-state index contributed by atoms with van der Waals surface area (Å²) in [5.74, 6) is 0.675. The van der Waals surface area contributed by atoms with E-state index in [1.54, 1.807) is 24.5 Å². The Hall–Kier alpha value is -3.47. The predicted molar refractivity (Wildman–Crippen MR) is 91.8 cm³/mol. The van der Waals surface area contributed by atoms with Crippen LogP contribution in [0.25, 0.3) is 5.82 Å². The number of nitro benzene ring substituents is 1. The van der Waals surface area contributed by atoms with Gasteiger partial charge in [-0.1, -0.05) is 0 Å². The van der Waals surface area contributed by atoms with E-state index in [9.17, 15) is 18.5 Å². The number of nitro groups is 1. The maximum Gasteiger partial charge on any atom is 0.293 e. The zero-order chi connectivity index (χ0) is 18.7. The lowest BCUT2D eigenvalue weighted by Gasteiger charge is -2.10. The molecule has 0 radical (unpaired) electrons. The van der Waals surface area contributed by atoms with Crippen LogP contribution < -0.4 is 9.46 Å². The minimum absolute atomic E-state index is 0.158. The van der Waals surface area contributed by atoms with Crippen molar-refractivity contribution >= 4 is 21.4 Å². The average Bonchev–Trinajstić information content (AvgIpc) is 3.16. The van der Waals surface area contributed by atoms with Crippen LogP contribution in [-0.4, -0.2) is 35.2 Å². The monoisotopic (exact) mass is 375 g/mol. The first kappa shape index (κ1) is 17.4. The zero-order valence-corrected chi connectivity index (χ0v) is 14.3. The van der Waals surface area contributed by atoms with Crippen molar-refractivity contribution < 1.29 is 18.1 Å². The van der Waals surface area contributed by atoms with Crippen LogP contribution in [-0.2, 0) is 10.0 Å². The number of pyridine rings is 1. The number of benzene rings is 1. The fourth-order valence-electron chi connectivity index (χ4n) is 2.19. The van der Waals surface area contributed by atoms with Crippen molar-refractivity contribution in [2.24, 2.45) is 0 Å². The smallest absolute Gasteiger partial charge is 0.293 e. The molecule has 11 heteroatoms. The largest absolute Gasteiger partial charge is 0.497 e. The third-order valence-corrected chi connectivity index (χ3v) is 4.82. The summed E-state index contributed by atoms with van der Waals surface area (Å²) in [5, 5.41) is 15.2. The molecule has 1 aromatic carbocycles. The van der Waals surface area contributed by atoms with E-state index in [0.29, 0.717) is 5.82 Å². The van der Waals surface area contributed by atoms with E-state index in [1.165, 1.54) is 30.1 Å². The summed E-state index contributed by atoms with van der Waals surface area (Å²) in [6.07, 6.45) is 4.57. The number of aromatic nitrogens is 3. The van der Waals surface area contributed by atoms with Crippen LogP contribution in [0.2, 0.25) is 0 Å². The van der Waals surface area contributed by atoms with Gasteiger partial charge in [0.15, 0.2) is 10.7 Å². The third-order valence-electron chi connectivity index (χ3n) is 3.39. The molecule has 0 atom stereocenters. The molecule has 0 aliphatic carbocycles. The lowest BCUT2D eigenvalue weighted by Crippen LogP contribution is -2.15. The Bertz CT molecular complexity index is 1030. The second-order valence-electron chi connectivity index (χ2n) is 5.05. The Morgan fingerprint density at radius 3 is 2.65 bits per heavy atom. The molecule has 0 bridgehead atoms. The molecule has 3 rings (SSSR count). The van der Waals surface area contributed by atoms with Gasteiger partial charge in [-0.3, -0.25) is 14.8 Å². The maximum absolute atomic E-state index is 12.5. The summed E-state index contributed by atoms with van der Waals surface area (Å²) in [6.45, 7) is 0. The molecule has 0 spiro atoms. The van der Waals surface area contributed by atoms with Crippen molar-refractivity contribution in [2.75, 3.05) is 11.8 Å². The minimum Gasteiger partial charge on any atom is -0.497 e. The predicted octanol–water partition coefficient (Wildman–Crippen LogP) is 1.98.